The number of nitrogens with zero attached hydrogens (tertiary/aromatic N) is 1. The topological polar surface area (TPSA) is 29.5 Å². The van der Waals surface area contributed by atoms with Gasteiger partial charge in [-0.1, -0.05) is 52.7 Å². The zero-order valence-corrected chi connectivity index (χ0v) is 18.6. The number of fused-ring (bicyclic) bond motifs is 4. The van der Waals surface area contributed by atoms with Gasteiger partial charge in [-0.25, -0.2) is 0 Å². The SMILES string of the molecule is C[C@H]1CCC[C@]2(C)C[C@H]3OC(=O)[C@H](CN4C[C@]5(C)C[C@H]4CC(C)(C)C5)[C@H]3C=C12. The molecule has 5 aliphatic rings. The molecule has 156 valence electrons. The van der Waals surface area contributed by atoms with Crippen molar-refractivity contribution in [3.63, 3.8) is 0 Å². The highest BCUT2D eigenvalue weighted by Gasteiger charge is 2.55. The van der Waals surface area contributed by atoms with E-state index in [1.807, 2.05) is 0 Å². The lowest BCUT2D eigenvalue weighted by Crippen LogP contribution is -2.42. The van der Waals surface area contributed by atoms with E-state index in [0.29, 0.717) is 28.7 Å². The Kier molecular flexibility index (Phi) is 4.17. The minimum atomic E-state index is 0.0437. The molecule has 3 heteroatoms. The number of esters is 1. The summed E-state index contributed by atoms with van der Waals surface area (Å²) in [5.41, 5.74) is 2.75. The van der Waals surface area contributed by atoms with Gasteiger partial charge in [-0.2, -0.15) is 0 Å². The molecule has 28 heavy (non-hydrogen) atoms. The van der Waals surface area contributed by atoms with E-state index in [1.165, 1.54) is 38.5 Å². The average molecular weight is 386 g/mol. The molecule has 4 fully saturated rings. The summed E-state index contributed by atoms with van der Waals surface area (Å²) in [6, 6.07) is 0.649. The van der Waals surface area contributed by atoms with Gasteiger partial charge in [0.2, 0.25) is 0 Å². The van der Waals surface area contributed by atoms with Crippen LogP contribution in [0.2, 0.25) is 0 Å². The van der Waals surface area contributed by atoms with E-state index in [0.717, 1.165) is 19.5 Å². The fourth-order valence-electron chi connectivity index (χ4n) is 8.30. The summed E-state index contributed by atoms with van der Waals surface area (Å²) in [7, 11) is 0. The van der Waals surface area contributed by atoms with E-state index >= 15 is 0 Å². The first-order chi connectivity index (χ1) is 13.1. The van der Waals surface area contributed by atoms with Crippen molar-refractivity contribution in [3.05, 3.63) is 11.6 Å². The molecule has 2 saturated heterocycles. The van der Waals surface area contributed by atoms with Gasteiger partial charge in [-0.3, -0.25) is 9.69 Å². The fourth-order valence-corrected chi connectivity index (χ4v) is 8.30. The van der Waals surface area contributed by atoms with Gasteiger partial charge in [-0.15, -0.1) is 0 Å². The number of carbonyl (C=O) groups is 1. The minimum absolute atomic E-state index is 0.0437. The molecule has 0 N–H and O–H groups in total. The van der Waals surface area contributed by atoms with Crippen LogP contribution in [0.25, 0.3) is 0 Å². The zero-order chi connectivity index (χ0) is 19.9. The third-order valence-corrected chi connectivity index (χ3v) is 9.04. The average Bonchev–Trinajstić information content (AvgIpc) is 2.97. The highest BCUT2D eigenvalue weighted by molar-refractivity contribution is 5.76. The summed E-state index contributed by atoms with van der Waals surface area (Å²) in [6.07, 6.45) is 11.5. The van der Waals surface area contributed by atoms with Gasteiger partial charge < -0.3 is 4.74 Å². The van der Waals surface area contributed by atoms with Crippen LogP contribution in [0.5, 0.6) is 0 Å². The summed E-state index contributed by atoms with van der Waals surface area (Å²) >= 11 is 0. The number of rotatable bonds is 2. The quantitative estimate of drug-likeness (QED) is 0.483. The second-order valence-electron chi connectivity index (χ2n) is 12.5. The van der Waals surface area contributed by atoms with Crippen molar-refractivity contribution in [1.82, 2.24) is 4.90 Å². The lowest BCUT2D eigenvalue weighted by atomic mass is 9.59. The van der Waals surface area contributed by atoms with Gasteiger partial charge in [0, 0.05) is 25.0 Å². The molecule has 2 aliphatic heterocycles. The lowest BCUT2D eigenvalue weighted by Gasteiger charge is -2.46. The van der Waals surface area contributed by atoms with Gasteiger partial charge in [0.25, 0.3) is 0 Å². The van der Waals surface area contributed by atoms with Crippen molar-refractivity contribution >= 4 is 5.97 Å². The maximum atomic E-state index is 12.9. The fraction of sp³-hybridized carbons (Fsp3) is 0.880. The van der Waals surface area contributed by atoms with Crippen LogP contribution >= 0.6 is 0 Å². The second kappa shape index (κ2) is 6.09. The van der Waals surface area contributed by atoms with Crippen LogP contribution in [-0.2, 0) is 9.53 Å². The van der Waals surface area contributed by atoms with Gasteiger partial charge in [-0.05, 0) is 60.7 Å². The number of carbonyl (C=O) groups excluding carboxylic acids is 1. The Morgan fingerprint density at radius 2 is 1.96 bits per heavy atom. The largest absolute Gasteiger partial charge is 0.461 e. The van der Waals surface area contributed by atoms with Crippen molar-refractivity contribution in [1.29, 1.82) is 0 Å². The summed E-state index contributed by atoms with van der Waals surface area (Å²) in [6.45, 7) is 14.2. The first-order valence-electron chi connectivity index (χ1n) is 11.7. The predicted octanol–water partition coefficient (Wildman–Crippen LogP) is 5.20. The van der Waals surface area contributed by atoms with Crippen LogP contribution < -0.4 is 0 Å². The molecule has 3 nitrogen and oxygen atoms in total. The predicted molar refractivity (Wildman–Crippen MR) is 112 cm³/mol. The number of ether oxygens (including phenoxy) is 1. The first kappa shape index (κ1) is 19.2. The lowest BCUT2D eigenvalue weighted by molar-refractivity contribution is -0.145. The van der Waals surface area contributed by atoms with Crippen molar-refractivity contribution in [3.8, 4) is 0 Å². The highest BCUT2D eigenvalue weighted by Crippen LogP contribution is 2.56. The number of hydrogen-bond acceptors (Lipinski definition) is 3. The van der Waals surface area contributed by atoms with E-state index in [4.69, 9.17) is 4.74 Å². The molecule has 5 rings (SSSR count). The molecule has 2 bridgehead atoms. The van der Waals surface area contributed by atoms with Gasteiger partial charge >= 0.3 is 5.97 Å². The van der Waals surface area contributed by atoms with Crippen LogP contribution in [-0.4, -0.2) is 36.1 Å². The monoisotopic (exact) mass is 385 g/mol. The van der Waals surface area contributed by atoms with Crippen LogP contribution in [0.3, 0.4) is 0 Å². The molecular weight excluding hydrogens is 346 g/mol. The maximum absolute atomic E-state index is 12.9. The van der Waals surface area contributed by atoms with Crippen molar-refractivity contribution in [2.24, 2.45) is 34.0 Å². The summed E-state index contributed by atoms with van der Waals surface area (Å²) in [5, 5.41) is 0. The molecule has 3 aliphatic carbocycles. The Morgan fingerprint density at radius 3 is 2.75 bits per heavy atom. The minimum Gasteiger partial charge on any atom is -0.461 e. The molecular formula is C25H39NO2. The van der Waals surface area contributed by atoms with E-state index in [-0.39, 0.29) is 23.4 Å². The highest BCUT2D eigenvalue weighted by atomic mass is 16.6. The summed E-state index contributed by atoms with van der Waals surface area (Å²) < 4.78 is 6.00. The number of allylic oxidation sites excluding steroid dienone is 1. The maximum Gasteiger partial charge on any atom is 0.311 e. The molecule has 0 spiro atoms. The van der Waals surface area contributed by atoms with Crippen molar-refractivity contribution in [2.75, 3.05) is 13.1 Å². The third-order valence-electron chi connectivity index (χ3n) is 9.04. The third kappa shape index (κ3) is 2.99. The first-order valence-corrected chi connectivity index (χ1v) is 11.7. The van der Waals surface area contributed by atoms with Crippen LogP contribution in [0, 0.1) is 34.0 Å². The van der Waals surface area contributed by atoms with E-state index in [1.54, 1.807) is 5.57 Å². The molecule has 0 aromatic carbocycles. The van der Waals surface area contributed by atoms with Crippen molar-refractivity contribution < 1.29 is 9.53 Å². The van der Waals surface area contributed by atoms with E-state index in [2.05, 4.69) is 45.6 Å². The Labute approximate surface area is 171 Å². The molecule has 0 radical (unpaired) electrons. The molecule has 0 unspecified atom stereocenters. The van der Waals surface area contributed by atoms with Crippen LogP contribution in [0.4, 0.5) is 0 Å². The molecule has 2 saturated carbocycles. The summed E-state index contributed by atoms with van der Waals surface area (Å²) in [5.74, 6) is 1.09. The zero-order valence-electron chi connectivity index (χ0n) is 18.6. The summed E-state index contributed by atoms with van der Waals surface area (Å²) in [4.78, 5) is 15.6. The Morgan fingerprint density at radius 1 is 1.18 bits per heavy atom. The standard InChI is InChI=1S/C25H39NO2/c1-16-7-6-8-25(5)12-21-18(9-20(16)25)19(22(27)28-21)13-26-15-24(4)11-17(26)10-23(2,3)14-24/h9,16-19,21H,6-8,10-15H2,1-5H3/t16-,17+,18+,19+,21+,24+,25+/m0/s1. The molecule has 0 aromatic heterocycles. The van der Waals surface area contributed by atoms with Gasteiger partial charge in [0.05, 0.1) is 5.92 Å². The van der Waals surface area contributed by atoms with Crippen molar-refractivity contribution in [2.45, 2.75) is 91.7 Å². The van der Waals surface area contributed by atoms with Gasteiger partial charge in [0.15, 0.2) is 0 Å². The Hall–Kier alpha value is -0.830. The number of likely N-dealkylation sites (tertiary alicyclic amines) is 1. The normalized spacial score (nSPS) is 50.0. The second-order valence-corrected chi connectivity index (χ2v) is 12.5. The Balaban J connectivity index is 1.39. The molecule has 0 aromatic rings. The molecule has 2 heterocycles. The van der Waals surface area contributed by atoms with Crippen LogP contribution in [0.1, 0.15) is 79.6 Å². The Bertz CT molecular complexity index is 711. The number of hydrogen-bond donors (Lipinski definition) is 0. The molecule has 7 atom stereocenters. The smallest absolute Gasteiger partial charge is 0.311 e. The van der Waals surface area contributed by atoms with E-state index < -0.39 is 0 Å². The van der Waals surface area contributed by atoms with E-state index in [9.17, 15) is 4.79 Å². The van der Waals surface area contributed by atoms with Gasteiger partial charge in [0.1, 0.15) is 6.10 Å². The van der Waals surface area contributed by atoms with Crippen LogP contribution in [0.15, 0.2) is 11.6 Å². The molecule has 0 amide bonds.